The molecule has 0 saturated carbocycles. The number of hydrogen-bond donors (Lipinski definition) is 2. The number of thiazole rings is 1. The van der Waals surface area contributed by atoms with Gasteiger partial charge in [-0.2, -0.15) is 0 Å². The summed E-state index contributed by atoms with van der Waals surface area (Å²) in [5.74, 6) is 0.760. The van der Waals surface area contributed by atoms with Gasteiger partial charge in [0.05, 0.1) is 4.88 Å². The molecule has 1 fully saturated rings. The van der Waals surface area contributed by atoms with Gasteiger partial charge in [-0.1, -0.05) is 41.7 Å². The van der Waals surface area contributed by atoms with Gasteiger partial charge in [0.25, 0.3) is 0 Å². The molecule has 0 atom stereocenters. The van der Waals surface area contributed by atoms with E-state index in [1.54, 1.807) is 17.5 Å². The van der Waals surface area contributed by atoms with Gasteiger partial charge < -0.3 is 15.3 Å². The molecule has 2 aromatic heterocycles. The van der Waals surface area contributed by atoms with Gasteiger partial charge >= 0.3 is 6.09 Å². The van der Waals surface area contributed by atoms with Crippen LogP contribution in [0.15, 0.2) is 54.9 Å². The lowest BCUT2D eigenvalue weighted by atomic mass is 10.2. The highest BCUT2D eigenvalue weighted by Gasteiger charge is 2.20. The summed E-state index contributed by atoms with van der Waals surface area (Å²) in [5.41, 5.74) is 2.29. The second-order valence-electron chi connectivity index (χ2n) is 6.62. The second-order valence-corrected chi connectivity index (χ2v) is 7.65. The van der Waals surface area contributed by atoms with Crippen molar-refractivity contribution in [1.29, 1.82) is 0 Å². The van der Waals surface area contributed by atoms with E-state index in [-0.39, 0.29) is 0 Å². The Hall–Kier alpha value is -2.97. The first-order valence-corrected chi connectivity index (χ1v) is 9.92. The van der Waals surface area contributed by atoms with E-state index in [0.717, 1.165) is 46.6 Å². The van der Waals surface area contributed by atoms with E-state index in [4.69, 9.17) is 5.11 Å². The Balaban J connectivity index is 1.38. The minimum Gasteiger partial charge on any atom is -0.465 e. The number of carbonyl (C=O) groups is 1. The molecule has 1 amide bonds. The van der Waals surface area contributed by atoms with Crippen molar-refractivity contribution in [2.75, 3.05) is 31.5 Å². The summed E-state index contributed by atoms with van der Waals surface area (Å²) in [7, 11) is 0. The quantitative estimate of drug-likeness (QED) is 0.685. The fourth-order valence-electron chi connectivity index (χ4n) is 3.17. The molecule has 0 aliphatic carbocycles. The third-order valence-corrected chi connectivity index (χ3v) is 5.63. The lowest BCUT2D eigenvalue weighted by Crippen LogP contribution is -2.47. The molecule has 28 heavy (non-hydrogen) atoms. The number of amides is 1. The third-order valence-electron chi connectivity index (χ3n) is 4.67. The average Bonchev–Trinajstić information content (AvgIpc) is 3.18. The van der Waals surface area contributed by atoms with Crippen LogP contribution < -0.4 is 5.32 Å². The van der Waals surface area contributed by atoms with Crippen LogP contribution in [0.3, 0.4) is 0 Å². The van der Waals surface area contributed by atoms with E-state index >= 15 is 0 Å². The lowest BCUT2D eigenvalue weighted by molar-refractivity contribution is 0.103. The minimum atomic E-state index is -0.839. The standard InChI is InChI=1S/C20H21N5O2S/c26-20(27)25-10-8-24(9-11-25)14-15-6-7-21-18(12-15)23-19-22-13-17(28-19)16-4-2-1-3-5-16/h1-7,12-13H,8-11,14H2,(H,26,27)(H,21,22,23). The Morgan fingerprint density at radius 2 is 1.89 bits per heavy atom. The summed E-state index contributed by atoms with van der Waals surface area (Å²) in [6, 6.07) is 14.2. The van der Waals surface area contributed by atoms with Crippen molar-refractivity contribution in [1.82, 2.24) is 19.8 Å². The summed E-state index contributed by atoms with van der Waals surface area (Å²) in [6.07, 6.45) is 2.82. The number of hydrogen-bond acceptors (Lipinski definition) is 6. The summed E-state index contributed by atoms with van der Waals surface area (Å²) in [4.78, 5) is 24.7. The van der Waals surface area contributed by atoms with Crippen molar-refractivity contribution in [2.24, 2.45) is 0 Å². The average molecular weight is 395 g/mol. The van der Waals surface area contributed by atoms with Crippen LogP contribution in [0.1, 0.15) is 5.56 Å². The highest BCUT2D eigenvalue weighted by Crippen LogP contribution is 2.30. The van der Waals surface area contributed by atoms with Crippen LogP contribution in [0.5, 0.6) is 0 Å². The Labute approximate surface area is 167 Å². The van der Waals surface area contributed by atoms with E-state index < -0.39 is 6.09 Å². The molecule has 7 nitrogen and oxygen atoms in total. The van der Waals surface area contributed by atoms with E-state index in [9.17, 15) is 4.79 Å². The van der Waals surface area contributed by atoms with Gasteiger partial charge in [0, 0.05) is 45.1 Å². The van der Waals surface area contributed by atoms with Crippen LogP contribution in [0.4, 0.5) is 15.7 Å². The fourth-order valence-corrected chi connectivity index (χ4v) is 4.00. The normalized spacial score (nSPS) is 14.8. The van der Waals surface area contributed by atoms with E-state index in [2.05, 4.69) is 32.3 Å². The monoisotopic (exact) mass is 395 g/mol. The Morgan fingerprint density at radius 3 is 2.64 bits per heavy atom. The summed E-state index contributed by atoms with van der Waals surface area (Å²) in [6.45, 7) is 3.35. The largest absolute Gasteiger partial charge is 0.465 e. The molecule has 0 bridgehead atoms. The molecule has 0 spiro atoms. The summed E-state index contributed by atoms with van der Waals surface area (Å²) >= 11 is 1.59. The number of piperazine rings is 1. The predicted molar refractivity (Wildman–Crippen MR) is 110 cm³/mol. The van der Waals surface area contributed by atoms with Crippen LogP contribution in [0, 0.1) is 0 Å². The fraction of sp³-hybridized carbons (Fsp3) is 0.250. The number of nitrogens with one attached hydrogen (secondary N) is 1. The molecule has 1 saturated heterocycles. The molecule has 144 valence electrons. The molecule has 3 aromatic rings. The number of nitrogens with zero attached hydrogens (tertiary/aromatic N) is 4. The third kappa shape index (κ3) is 4.47. The Morgan fingerprint density at radius 1 is 1.11 bits per heavy atom. The molecule has 0 radical (unpaired) electrons. The second kappa shape index (κ2) is 8.37. The molecule has 2 N–H and O–H groups in total. The smallest absolute Gasteiger partial charge is 0.407 e. The number of anilines is 2. The zero-order valence-corrected chi connectivity index (χ0v) is 16.1. The molecule has 1 aromatic carbocycles. The van der Waals surface area contributed by atoms with Crippen LogP contribution in [-0.2, 0) is 6.54 Å². The van der Waals surface area contributed by atoms with Gasteiger partial charge in [-0.3, -0.25) is 4.90 Å². The van der Waals surface area contributed by atoms with Gasteiger partial charge in [-0.05, 0) is 23.3 Å². The molecule has 1 aliphatic heterocycles. The topological polar surface area (TPSA) is 81.6 Å². The molecule has 0 unspecified atom stereocenters. The van der Waals surface area contributed by atoms with Crippen LogP contribution in [0.25, 0.3) is 10.4 Å². The summed E-state index contributed by atoms with van der Waals surface area (Å²) < 4.78 is 0. The molecule has 8 heteroatoms. The number of rotatable bonds is 5. The molecule has 3 heterocycles. The van der Waals surface area contributed by atoms with Crippen molar-refractivity contribution in [3.05, 3.63) is 60.4 Å². The number of benzene rings is 1. The number of pyridine rings is 1. The maximum Gasteiger partial charge on any atom is 0.407 e. The first kappa shape index (κ1) is 18.4. The molecular weight excluding hydrogens is 374 g/mol. The maximum absolute atomic E-state index is 11.0. The zero-order valence-electron chi connectivity index (χ0n) is 15.3. The highest BCUT2D eigenvalue weighted by molar-refractivity contribution is 7.18. The maximum atomic E-state index is 11.0. The van der Waals surface area contributed by atoms with Crippen molar-refractivity contribution < 1.29 is 9.90 Å². The SMILES string of the molecule is O=C(O)N1CCN(Cc2ccnc(Nc3ncc(-c4ccccc4)s3)c2)CC1. The van der Waals surface area contributed by atoms with Crippen molar-refractivity contribution in [3.63, 3.8) is 0 Å². The first-order valence-electron chi connectivity index (χ1n) is 9.11. The highest BCUT2D eigenvalue weighted by atomic mass is 32.1. The zero-order chi connectivity index (χ0) is 19.3. The van der Waals surface area contributed by atoms with E-state index in [0.29, 0.717) is 13.1 Å². The van der Waals surface area contributed by atoms with Gasteiger partial charge in [0.15, 0.2) is 5.13 Å². The van der Waals surface area contributed by atoms with Crippen molar-refractivity contribution in [3.8, 4) is 10.4 Å². The molecule has 4 rings (SSSR count). The number of aromatic nitrogens is 2. The Kier molecular flexibility index (Phi) is 5.50. The van der Waals surface area contributed by atoms with Gasteiger partial charge in [-0.15, -0.1) is 0 Å². The Bertz CT molecular complexity index is 939. The van der Waals surface area contributed by atoms with Crippen LogP contribution in [0.2, 0.25) is 0 Å². The minimum absolute atomic E-state index is 0.549. The van der Waals surface area contributed by atoms with Crippen molar-refractivity contribution in [2.45, 2.75) is 6.54 Å². The predicted octanol–water partition coefficient (Wildman–Crippen LogP) is 3.74. The summed E-state index contributed by atoms with van der Waals surface area (Å²) in [5, 5.41) is 13.1. The van der Waals surface area contributed by atoms with Gasteiger partial charge in [0.1, 0.15) is 5.82 Å². The van der Waals surface area contributed by atoms with Crippen LogP contribution >= 0.6 is 11.3 Å². The van der Waals surface area contributed by atoms with Gasteiger partial charge in [-0.25, -0.2) is 14.8 Å². The molecule has 1 aliphatic rings. The van der Waals surface area contributed by atoms with Gasteiger partial charge in [0.2, 0.25) is 0 Å². The first-order chi connectivity index (χ1) is 13.7. The lowest BCUT2D eigenvalue weighted by Gasteiger charge is -2.33. The molecular formula is C20H21N5O2S. The number of carboxylic acid groups (broad SMARTS) is 1. The van der Waals surface area contributed by atoms with Crippen LogP contribution in [-0.4, -0.2) is 57.1 Å². The van der Waals surface area contributed by atoms with E-state index in [1.165, 1.54) is 4.90 Å². The van der Waals surface area contributed by atoms with E-state index in [1.807, 2.05) is 36.5 Å². The van der Waals surface area contributed by atoms with Crippen molar-refractivity contribution >= 4 is 28.4 Å².